The molecule has 0 aliphatic rings. The Morgan fingerprint density at radius 3 is 2.04 bits per heavy atom. The molecule has 0 N–H and O–H groups in total. The van der Waals surface area contributed by atoms with Gasteiger partial charge in [0, 0.05) is 5.56 Å². The molecule has 0 heterocycles. The van der Waals surface area contributed by atoms with Crippen molar-refractivity contribution in [3.63, 3.8) is 0 Å². The summed E-state index contributed by atoms with van der Waals surface area (Å²) in [7, 11) is 0. The highest BCUT2D eigenvalue weighted by Crippen LogP contribution is 2.32. The van der Waals surface area contributed by atoms with E-state index in [0.29, 0.717) is 0 Å². The predicted molar refractivity (Wildman–Crippen MR) is 92.9 cm³/mol. The SMILES string of the molecule is O=C(c1ccc(F)cc1)c1ccc(C(=O)Cl)c(Oc2ccccc2)c1F. The van der Waals surface area contributed by atoms with Gasteiger partial charge >= 0.3 is 0 Å². The molecule has 0 bridgehead atoms. The molecule has 0 aliphatic carbocycles. The van der Waals surface area contributed by atoms with E-state index in [0.717, 1.165) is 18.2 Å². The molecule has 3 aromatic carbocycles. The standard InChI is InChI=1S/C20H11ClF2O3/c21-20(25)16-11-10-15(18(24)12-6-8-13(22)9-7-12)17(23)19(16)26-14-4-2-1-3-5-14/h1-11H. The average Bonchev–Trinajstić information content (AvgIpc) is 2.64. The summed E-state index contributed by atoms with van der Waals surface area (Å²) in [6.45, 7) is 0. The average molecular weight is 373 g/mol. The highest BCUT2D eigenvalue weighted by molar-refractivity contribution is 6.68. The maximum absolute atomic E-state index is 15.0. The minimum Gasteiger partial charge on any atom is -0.453 e. The first-order chi connectivity index (χ1) is 12.5. The van der Waals surface area contributed by atoms with Crippen LogP contribution < -0.4 is 4.74 Å². The summed E-state index contributed by atoms with van der Waals surface area (Å²) >= 11 is 5.50. The number of carbonyl (C=O) groups is 2. The fourth-order valence-corrected chi connectivity index (χ4v) is 2.50. The summed E-state index contributed by atoms with van der Waals surface area (Å²) in [5.74, 6) is -2.37. The first-order valence-corrected chi connectivity index (χ1v) is 7.90. The monoisotopic (exact) mass is 372 g/mol. The van der Waals surface area contributed by atoms with Crippen molar-refractivity contribution in [3.05, 3.63) is 95.1 Å². The van der Waals surface area contributed by atoms with Crippen molar-refractivity contribution in [1.29, 1.82) is 0 Å². The van der Waals surface area contributed by atoms with Crippen LogP contribution in [0, 0.1) is 11.6 Å². The topological polar surface area (TPSA) is 43.4 Å². The van der Waals surface area contributed by atoms with Gasteiger partial charge in [-0.05, 0) is 60.1 Å². The highest BCUT2D eigenvalue weighted by Gasteiger charge is 2.23. The first-order valence-electron chi connectivity index (χ1n) is 7.53. The largest absolute Gasteiger partial charge is 0.453 e. The molecule has 6 heteroatoms. The maximum Gasteiger partial charge on any atom is 0.256 e. The minimum absolute atomic E-state index is 0.0981. The molecule has 0 aromatic heterocycles. The number of halogens is 3. The Labute approximate surface area is 152 Å². The van der Waals surface area contributed by atoms with Crippen LogP contribution in [-0.4, -0.2) is 11.0 Å². The Morgan fingerprint density at radius 1 is 0.808 bits per heavy atom. The van der Waals surface area contributed by atoms with Crippen LogP contribution in [0.25, 0.3) is 0 Å². The Hall–Kier alpha value is -3.05. The molecule has 0 fully saturated rings. The van der Waals surface area contributed by atoms with E-state index in [1.807, 2.05) is 0 Å². The smallest absolute Gasteiger partial charge is 0.256 e. The second kappa shape index (κ2) is 7.45. The van der Waals surface area contributed by atoms with Gasteiger partial charge in [-0.1, -0.05) is 18.2 Å². The highest BCUT2D eigenvalue weighted by atomic mass is 35.5. The fourth-order valence-electron chi connectivity index (χ4n) is 2.35. The van der Waals surface area contributed by atoms with E-state index in [1.54, 1.807) is 30.3 Å². The van der Waals surface area contributed by atoms with Gasteiger partial charge in [-0.2, -0.15) is 0 Å². The Balaban J connectivity index is 2.07. The quantitative estimate of drug-likeness (QED) is 0.447. The number of hydrogen-bond acceptors (Lipinski definition) is 3. The van der Waals surface area contributed by atoms with Crippen LogP contribution in [-0.2, 0) is 0 Å². The van der Waals surface area contributed by atoms with Gasteiger partial charge in [0.1, 0.15) is 11.6 Å². The fraction of sp³-hybridized carbons (Fsp3) is 0. The van der Waals surface area contributed by atoms with E-state index >= 15 is 0 Å². The van der Waals surface area contributed by atoms with Crippen molar-refractivity contribution in [2.45, 2.75) is 0 Å². The summed E-state index contributed by atoms with van der Waals surface area (Å²) < 4.78 is 33.4. The van der Waals surface area contributed by atoms with Gasteiger partial charge in [0.25, 0.3) is 5.24 Å². The molecule has 130 valence electrons. The number of rotatable bonds is 5. The molecule has 3 rings (SSSR count). The van der Waals surface area contributed by atoms with Crippen molar-refractivity contribution in [3.8, 4) is 11.5 Å². The maximum atomic E-state index is 15.0. The second-order valence-corrected chi connectivity index (χ2v) is 5.67. The van der Waals surface area contributed by atoms with Gasteiger partial charge in [-0.15, -0.1) is 0 Å². The van der Waals surface area contributed by atoms with Crippen LogP contribution in [0.2, 0.25) is 0 Å². The number of ether oxygens (including phenoxy) is 1. The van der Waals surface area contributed by atoms with Crippen molar-refractivity contribution in [2.75, 3.05) is 0 Å². The molecule has 0 unspecified atom stereocenters. The Morgan fingerprint density at radius 2 is 1.42 bits per heavy atom. The normalized spacial score (nSPS) is 10.4. The van der Waals surface area contributed by atoms with Crippen LogP contribution in [0.15, 0.2) is 66.7 Å². The molecule has 0 saturated heterocycles. The number of benzene rings is 3. The van der Waals surface area contributed by atoms with Crippen LogP contribution in [0.3, 0.4) is 0 Å². The van der Waals surface area contributed by atoms with Gasteiger partial charge in [0.2, 0.25) is 0 Å². The molecule has 0 saturated carbocycles. The van der Waals surface area contributed by atoms with Crippen LogP contribution in [0.4, 0.5) is 8.78 Å². The third-order valence-corrected chi connectivity index (χ3v) is 3.83. The summed E-state index contributed by atoms with van der Waals surface area (Å²) in [5, 5.41) is -0.921. The zero-order chi connectivity index (χ0) is 18.7. The Bertz CT molecular complexity index is 970. The molecule has 0 amide bonds. The number of ketones is 1. The second-order valence-electron chi connectivity index (χ2n) is 5.33. The third kappa shape index (κ3) is 3.63. The van der Waals surface area contributed by atoms with Crippen molar-refractivity contribution < 1.29 is 23.1 Å². The number of hydrogen-bond donors (Lipinski definition) is 0. The summed E-state index contributed by atoms with van der Waals surface area (Å²) in [6.07, 6.45) is 0. The van der Waals surface area contributed by atoms with Crippen molar-refractivity contribution in [2.24, 2.45) is 0 Å². The minimum atomic E-state index is -1.02. The van der Waals surface area contributed by atoms with Gasteiger partial charge in [-0.25, -0.2) is 8.78 Å². The van der Waals surface area contributed by atoms with E-state index in [-0.39, 0.29) is 22.4 Å². The Kier molecular flexibility index (Phi) is 5.09. The zero-order valence-corrected chi connectivity index (χ0v) is 14.0. The van der Waals surface area contributed by atoms with E-state index in [2.05, 4.69) is 0 Å². The molecule has 26 heavy (non-hydrogen) atoms. The molecule has 0 spiro atoms. The molecule has 0 aliphatic heterocycles. The van der Waals surface area contributed by atoms with Crippen LogP contribution in [0.1, 0.15) is 26.3 Å². The summed E-state index contributed by atoms with van der Waals surface area (Å²) in [5.41, 5.74) is -0.422. The van der Waals surface area contributed by atoms with Gasteiger partial charge < -0.3 is 4.74 Å². The number of para-hydroxylation sites is 1. The van der Waals surface area contributed by atoms with Gasteiger partial charge in [-0.3, -0.25) is 9.59 Å². The van der Waals surface area contributed by atoms with E-state index in [4.69, 9.17) is 16.3 Å². The van der Waals surface area contributed by atoms with Gasteiger partial charge in [0.15, 0.2) is 17.3 Å². The first kappa shape index (κ1) is 17.8. The van der Waals surface area contributed by atoms with E-state index < -0.39 is 28.4 Å². The lowest BCUT2D eigenvalue weighted by molar-refractivity contribution is 0.103. The molecular formula is C20H11ClF2O3. The zero-order valence-electron chi connectivity index (χ0n) is 13.2. The molecule has 0 atom stereocenters. The number of carbonyl (C=O) groups excluding carboxylic acids is 2. The molecule has 0 radical (unpaired) electrons. The van der Waals surface area contributed by atoms with Gasteiger partial charge in [0.05, 0.1) is 11.1 Å². The predicted octanol–water partition coefficient (Wildman–Crippen LogP) is 5.37. The van der Waals surface area contributed by atoms with Crippen LogP contribution >= 0.6 is 11.6 Å². The lowest BCUT2D eigenvalue weighted by Crippen LogP contribution is -2.08. The van der Waals surface area contributed by atoms with Crippen molar-refractivity contribution in [1.82, 2.24) is 0 Å². The van der Waals surface area contributed by atoms with E-state index in [1.165, 1.54) is 18.2 Å². The third-order valence-electron chi connectivity index (χ3n) is 3.62. The molecular weight excluding hydrogens is 362 g/mol. The lowest BCUT2D eigenvalue weighted by atomic mass is 10.0. The van der Waals surface area contributed by atoms with Crippen molar-refractivity contribution >= 4 is 22.6 Å². The van der Waals surface area contributed by atoms with Crippen LogP contribution in [0.5, 0.6) is 11.5 Å². The summed E-state index contributed by atoms with van der Waals surface area (Å²) in [4.78, 5) is 24.1. The summed E-state index contributed by atoms with van der Waals surface area (Å²) in [6, 6.07) is 15.3. The van der Waals surface area contributed by atoms with E-state index in [9.17, 15) is 18.4 Å². The lowest BCUT2D eigenvalue weighted by Gasteiger charge is -2.12. The molecule has 3 aromatic rings. The molecule has 3 nitrogen and oxygen atoms in total.